The van der Waals surface area contributed by atoms with Crippen molar-refractivity contribution in [1.29, 1.82) is 0 Å². The molecular weight excluding hydrogens is 505 g/mol. The zero-order valence-electron chi connectivity index (χ0n) is 20.8. The minimum Gasteiger partial charge on any atom is -0.368 e. The van der Waals surface area contributed by atoms with Crippen LogP contribution in [0.2, 0.25) is 10.0 Å². The number of nitrogens with one attached hydrogen (secondary N) is 3. The Labute approximate surface area is 221 Å². The zero-order chi connectivity index (χ0) is 26.3. The monoisotopic (exact) mass is 538 g/mol. The van der Waals surface area contributed by atoms with Crippen LogP contribution in [-0.4, -0.2) is 43.7 Å². The maximum absolute atomic E-state index is 15.9. The van der Waals surface area contributed by atoms with E-state index in [0.29, 0.717) is 18.5 Å². The van der Waals surface area contributed by atoms with Crippen LogP contribution < -0.4 is 21.7 Å². The molecule has 2 aliphatic heterocycles. The zero-order valence-corrected chi connectivity index (χ0v) is 22.3. The SMILES string of the molecule is CC(C)(C)C[C@@H]1N[C@@H](C(N)=O)[C@H](c2cccc(Cl)c2F)[C@@]1(CN[C@@H]1CCNC1)c1ccc(Cl)cc1F. The van der Waals surface area contributed by atoms with Crippen molar-refractivity contribution in [2.24, 2.45) is 11.1 Å². The molecule has 0 bridgehead atoms. The van der Waals surface area contributed by atoms with Crippen LogP contribution in [0.4, 0.5) is 8.78 Å². The maximum atomic E-state index is 15.9. The van der Waals surface area contributed by atoms with Gasteiger partial charge < -0.3 is 21.7 Å². The van der Waals surface area contributed by atoms with Crippen LogP contribution in [0.15, 0.2) is 36.4 Å². The Kier molecular flexibility index (Phi) is 7.98. The van der Waals surface area contributed by atoms with Crippen molar-refractivity contribution in [2.45, 2.75) is 63.1 Å². The molecule has 0 aliphatic carbocycles. The molecule has 36 heavy (non-hydrogen) atoms. The van der Waals surface area contributed by atoms with Crippen LogP contribution in [0, 0.1) is 17.0 Å². The van der Waals surface area contributed by atoms with Crippen molar-refractivity contribution in [1.82, 2.24) is 16.0 Å². The van der Waals surface area contributed by atoms with Gasteiger partial charge in [0.15, 0.2) is 0 Å². The molecule has 2 aliphatic rings. The molecular formula is C27H34Cl2F2N4O. The summed E-state index contributed by atoms with van der Waals surface area (Å²) in [6.07, 6.45) is 1.49. The van der Waals surface area contributed by atoms with Gasteiger partial charge in [0.25, 0.3) is 0 Å². The molecule has 5 N–H and O–H groups in total. The molecule has 0 spiro atoms. The summed E-state index contributed by atoms with van der Waals surface area (Å²) >= 11 is 12.3. The van der Waals surface area contributed by atoms with Crippen LogP contribution >= 0.6 is 23.2 Å². The Morgan fingerprint density at radius 3 is 2.58 bits per heavy atom. The lowest BCUT2D eigenvalue weighted by atomic mass is 9.61. The van der Waals surface area contributed by atoms with Gasteiger partial charge in [-0.15, -0.1) is 0 Å². The fraction of sp³-hybridized carbons (Fsp3) is 0.519. The van der Waals surface area contributed by atoms with Gasteiger partial charge in [-0.3, -0.25) is 4.79 Å². The minimum absolute atomic E-state index is 0.0616. The Morgan fingerprint density at radius 1 is 1.22 bits per heavy atom. The molecule has 2 fully saturated rings. The van der Waals surface area contributed by atoms with Gasteiger partial charge in [-0.2, -0.15) is 0 Å². The largest absolute Gasteiger partial charge is 0.368 e. The fourth-order valence-corrected chi connectivity index (χ4v) is 6.33. The molecule has 2 aromatic rings. The van der Waals surface area contributed by atoms with E-state index in [9.17, 15) is 4.79 Å². The van der Waals surface area contributed by atoms with E-state index in [-0.39, 0.29) is 27.1 Å². The summed E-state index contributed by atoms with van der Waals surface area (Å²) < 4.78 is 31.5. The van der Waals surface area contributed by atoms with E-state index in [1.54, 1.807) is 24.3 Å². The summed E-state index contributed by atoms with van der Waals surface area (Å²) in [5.41, 5.74) is 5.25. The molecule has 0 aromatic heterocycles. The number of carbonyl (C=O) groups is 1. The van der Waals surface area contributed by atoms with E-state index < -0.39 is 41.0 Å². The molecule has 4 rings (SSSR count). The Hall–Kier alpha value is -1.77. The first-order valence-electron chi connectivity index (χ1n) is 12.3. The summed E-state index contributed by atoms with van der Waals surface area (Å²) in [7, 11) is 0. The number of hydrogen-bond acceptors (Lipinski definition) is 4. The lowest BCUT2D eigenvalue weighted by Crippen LogP contribution is -2.53. The molecule has 5 atom stereocenters. The Morgan fingerprint density at radius 2 is 1.97 bits per heavy atom. The van der Waals surface area contributed by atoms with Crippen molar-refractivity contribution in [3.63, 3.8) is 0 Å². The van der Waals surface area contributed by atoms with Gasteiger partial charge in [-0.05, 0) is 54.1 Å². The Balaban J connectivity index is 1.99. The van der Waals surface area contributed by atoms with Crippen molar-refractivity contribution in [3.8, 4) is 0 Å². The first-order valence-corrected chi connectivity index (χ1v) is 13.1. The molecule has 0 radical (unpaired) electrons. The van der Waals surface area contributed by atoms with Gasteiger partial charge in [-0.1, -0.05) is 62.2 Å². The summed E-state index contributed by atoms with van der Waals surface area (Å²) in [4.78, 5) is 12.9. The quantitative estimate of drug-likeness (QED) is 0.418. The lowest BCUT2D eigenvalue weighted by Gasteiger charge is -2.44. The molecule has 0 unspecified atom stereocenters. The number of primary amides is 1. The molecule has 2 aromatic carbocycles. The van der Waals surface area contributed by atoms with Crippen LogP contribution in [0.25, 0.3) is 0 Å². The summed E-state index contributed by atoms with van der Waals surface area (Å²) in [5.74, 6) is -2.59. The predicted octanol–water partition coefficient (Wildman–Crippen LogP) is 4.51. The summed E-state index contributed by atoms with van der Waals surface area (Å²) in [5, 5.41) is 10.5. The number of amides is 1. The van der Waals surface area contributed by atoms with Crippen molar-refractivity contribution in [3.05, 3.63) is 69.2 Å². The van der Waals surface area contributed by atoms with E-state index in [1.165, 1.54) is 12.1 Å². The molecule has 9 heteroatoms. The van der Waals surface area contributed by atoms with Gasteiger partial charge in [0.05, 0.1) is 11.1 Å². The molecule has 196 valence electrons. The average Bonchev–Trinajstić information content (AvgIpc) is 3.40. The second kappa shape index (κ2) is 10.5. The van der Waals surface area contributed by atoms with E-state index in [4.69, 9.17) is 28.9 Å². The molecule has 2 heterocycles. The first-order chi connectivity index (χ1) is 16.9. The smallest absolute Gasteiger partial charge is 0.235 e. The Bertz CT molecular complexity index is 1120. The van der Waals surface area contributed by atoms with Crippen molar-refractivity contribution >= 4 is 29.1 Å². The third kappa shape index (κ3) is 5.27. The number of halogens is 4. The minimum atomic E-state index is -1.07. The van der Waals surface area contributed by atoms with Crippen LogP contribution in [0.5, 0.6) is 0 Å². The molecule has 2 saturated heterocycles. The second-order valence-corrected chi connectivity index (χ2v) is 12.1. The van der Waals surface area contributed by atoms with E-state index in [0.717, 1.165) is 19.5 Å². The van der Waals surface area contributed by atoms with Gasteiger partial charge in [0, 0.05) is 41.5 Å². The first kappa shape index (κ1) is 27.3. The summed E-state index contributed by atoms with van der Waals surface area (Å²) in [6, 6.07) is 8.09. The van der Waals surface area contributed by atoms with Crippen LogP contribution in [0.1, 0.15) is 50.7 Å². The van der Waals surface area contributed by atoms with Gasteiger partial charge in [0.1, 0.15) is 11.6 Å². The molecule has 5 nitrogen and oxygen atoms in total. The number of carbonyl (C=O) groups excluding carboxylic acids is 1. The predicted molar refractivity (Wildman–Crippen MR) is 140 cm³/mol. The topological polar surface area (TPSA) is 79.2 Å². The van der Waals surface area contributed by atoms with Gasteiger partial charge >= 0.3 is 0 Å². The molecule has 1 amide bonds. The average molecular weight is 539 g/mol. The number of hydrogen-bond donors (Lipinski definition) is 4. The normalized spacial score (nSPS) is 28.5. The van der Waals surface area contributed by atoms with Gasteiger partial charge in [0.2, 0.25) is 5.91 Å². The van der Waals surface area contributed by atoms with Crippen molar-refractivity contribution < 1.29 is 13.6 Å². The van der Waals surface area contributed by atoms with E-state index in [2.05, 4.69) is 36.7 Å². The number of benzene rings is 2. The standard InChI is InChI=1S/C27H34Cl2F2N4O/c1-26(2,3)12-21-27(14-34-16-9-10-33-13-16,18-8-7-15(28)11-20(18)30)22(24(35-21)25(32)36)17-5-4-6-19(29)23(17)31/h4-8,11,16,21-22,24,33-35H,9-10,12-14H2,1-3H3,(H2,32,36)/t16-,21+,22+,24-,27+/m1/s1. The maximum Gasteiger partial charge on any atom is 0.235 e. The lowest BCUT2D eigenvalue weighted by molar-refractivity contribution is -0.120. The third-order valence-corrected chi connectivity index (χ3v) is 8.03. The van der Waals surface area contributed by atoms with Gasteiger partial charge in [-0.25, -0.2) is 8.78 Å². The van der Waals surface area contributed by atoms with E-state index >= 15 is 8.78 Å². The summed E-state index contributed by atoms with van der Waals surface area (Å²) in [6.45, 7) is 8.19. The highest BCUT2D eigenvalue weighted by Crippen LogP contribution is 2.52. The third-order valence-electron chi connectivity index (χ3n) is 7.51. The molecule has 0 saturated carbocycles. The van der Waals surface area contributed by atoms with E-state index in [1.807, 2.05) is 0 Å². The van der Waals surface area contributed by atoms with Crippen LogP contribution in [0.3, 0.4) is 0 Å². The van der Waals surface area contributed by atoms with Crippen molar-refractivity contribution in [2.75, 3.05) is 19.6 Å². The highest BCUT2D eigenvalue weighted by atomic mass is 35.5. The second-order valence-electron chi connectivity index (χ2n) is 11.2. The highest BCUT2D eigenvalue weighted by Gasteiger charge is 2.59. The number of rotatable bonds is 7. The van der Waals surface area contributed by atoms with Crippen LogP contribution in [-0.2, 0) is 10.2 Å². The number of nitrogens with two attached hydrogens (primary N) is 1. The highest BCUT2D eigenvalue weighted by molar-refractivity contribution is 6.31. The fourth-order valence-electron chi connectivity index (χ4n) is 5.99.